The molecule has 0 bridgehead atoms. The van der Waals surface area contributed by atoms with Crippen molar-refractivity contribution in [3.05, 3.63) is 76.1 Å². The molecule has 38 heavy (non-hydrogen) atoms. The molecule has 2 aliphatic rings. The average Bonchev–Trinajstić information content (AvgIpc) is 3.62. The number of aromatic nitrogens is 5. The molecule has 4 heterocycles. The number of para-hydroxylation sites is 1. The van der Waals surface area contributed by atoms with E-state index in [4.69, 9.17) is 9.47 Å². The van der Waals surface area contributed by atoms with E-state index < -0.39 is 6.04 Å². The molecule has 2 atom stereocenters. The molecular formula is C27H30FN7O3. The van der Waals surface area contributed by atoms with Crippen LogP contribution in [0.5, 0.6) is 5.75 Å². The Bertz CT molecular complexity index is 1480. The summed E-state index contributed by atoms with van der Waals surface area (Å²) >= 11 is 0. The van der Waals surface area contributed by atoms with Gasteiger partial charge >= 0.3 is 0 Å². The second kappa shape index (κ2) is 10.5. The lowest BCUT2D eigenvalue weighted by atomic mass is 10.0. The fourth-order valence-electron chi connectivity index (χ4n) is 5.47. The third kappa shape index (κ3) is 4.74. The summed E-state index contributed by atoms with van der Waals surface area (Å²) in [5.41, 5.74) is 1.63. The van der Waals surface area contributed by atoms with Crippen molar-refractivity contribution in [1.29, 1.82) is 0 Å². The number of hydrogen-bond acceptors (Lipinski definition) is 8. The van der Waals surface area contributed by atoms with Crippen LogP contribution in [0.2, 0.25) is 0 Å². The molecule has 2 aromatic carbocycles. The van der Waals surface area contributed by atoms with Crippen LogP contribution < -0.4 is 15.2 Å². The van der Waals surface area contributed by atoms with Gasteiger partial charge in [-0.05, 0) is 59.0 Å². The van der Waals surface area contributed by atoms with E-state index in [9.17, 15) is 9.18 Å². The van der Waals surface area contributed by atoms with E-state index in [-0.39, 0.29) is 17.5 Å². The van der Waals surface area contributed by atoms with Gasteiger partial charge in [0.25, 0.3) is 5.56 Å². The SMILES string of the molecule is COc1ccc2cc([C@H](c3nnnn3C[C@H]3CCCO3)N3CCN(c4ccccc4F)CC3)c(=O)[nH]c2c1. The number of tetrazole rings is 1. The predicted octanol–water partition coefficient (Wildman–Crippen LogP) is 2.75. The van der Waals surface area contributed by atoms with Gasteiger partial charge in [-0.25, -0.2) is 9.07 Å². The maximum absolute atomic E-state index is 14.5. The zero-order valence-corrected chi connectivity index (χ0v) is 21.2. The van der Waals surface area contributed by atoms with Crippen molar-refractivity contribution in [3.63, 3.8) is 0 Å². The number of methoxy groups -OCH3 is 1. The highest BCUT2D eigenvalue weighted by Crippen LogP contribution is 2.30. The first-order chi connectivity index (χ1) is 18.6. The van der Waals surface area contributed by atoms with Gasteiger partial charge in [-0.15, -0.1) is 5.10 Å². The standard InChI is InChI=1S/C27H30FN7O3/c1-37-19-9-8-18-15-21(27(36)29-23(18)16-19)25(26-30-31-32-35(26)17-20-5-4-14-38-20)34-12-10-33(11-13-34)24-7-3-2-6-22(24)28/h2-3,6-9,15-16,20,25H,4-5,10-14,17H2,1H3,(H,29,36)/t20-,25-/m1/s1. The Kier molecular flexibility index (Phi) is 6.77. The number of benzene rings is 2. The lowest BCUT2D eigenvalue weighted by Crippen LogP contribution is -2.49. The lowest BCUT2D eigenvalue weighted by Gasteiger charge is -2.39. The first kappa shape index (κ1) is 24.5. The Labute approximate surface area is 219 Å². The number of halogens is 1. The number of piperazine rings is 1. The molecule has 1 N–H and O–H groups in total. The van der Waals surface area contributed by atoms with E-state index in [2.05, 4.69) is 25.4 Å². The van der Waals surface area contributed by atoms with Crippen LogP contribution in [0.25, 0.3) is 10.9 Å². The smallest absolute Gasteiger partial charge is 0.253 e. The molecule has 4 aromatic rings. The lowest BCUT2D eigenvalue weighted by molar-refractivity contribution is 0.0906. The summed E-state index contributed by atoms with van der Waals surface area (Å²) in [4.78, 5) is 20.8. The van der Waals surface area contributed by atoms with Gasteiger partial charge in [-0.2, -0.15) is 0 Å². The van der Waals surface area contributed by atoms with Gasteiger partial charge < -0.3 is 19.4 Å². The molecule has 0 amide bonds. The Morgan fingerprint density at radius 1 is 1.16 bits per heavy atom. The molecule has 0 aliphatic carbocycles. The predicted molar refractivity (Wildman–Crippen MR) is 140 cm³/mol. The van der Waals surface area contributed by atoms with Crippen LogP contribution in [0.15, 0.2) is 53.3 Å². The molecule has 2 aromatic heterocycles. The van der Waals surface area contributed by atoms with E-state index >= 15 is 0 Å². The van der Waals surface area contributed by atoms with E-state index in [1.165, 1.54) is 6.07 Å². The van der Waals surface area contributed by atoms with Gasteiger partial charge in [-0.3, -0.25) is 9.69 Å². The molecule has 198 valence electrons. The largest absolute Gasteiger partial charge is 0.497 e. The third-order valence-electron chi connectivity index (χ3n) is 7.45. The summed E-state index contributed by atoms with van der Waals surface area (Å²) in [5, 5.41) is 13.5. The topological polar surface area (TPSA) is 101 Å². The molecule has 2 saturated heterocycles. The summed E-state index contributed by atoms with van der Waals surface area (Å²) in [6.45, 7) is 3.67. The molecule has 11 heteroatoms. The molecule has 2 aliphatic heterocycles. The van der Waals surface area contributed by atoms with Gasteiger partial charge in [0.2, 0.25) is 0 Å². The summed E-state index contributed by atoms with van der Waals surface area (Å²) in [7, 11) is 1.60. The van der Waals surface area contributed by atoms with Gasteiger partial charge in [0, 0.05) is 44.4 Å². The van der Waals surface area contributed by atoms with Gasteiger partial charge in [0.1, 0.15) is 17.6 Å². The first-order valence-electron chi connectivity index (χ1n) is 12.9. The van der Waals surface area contributed by atoms with Crippen molar-refractivity contribution < 1.29 is 13.9 Å². The van der Waals surface area contributed by atoms with E-state index in [0.717, 1.165) is 24.8 Å². The summed E-state index contributed by atoms with van der Waals surface area (Å²) in [6, 6.07) is 13.8. The fraction of sp³-hybridized carbons (Fsp3) is 0.407. The average molecular weight is 520 g/mol. The number of hydrogen-bond donors (Lipinski definition) is 1. The number of aromatic amines is 1. The quantitative estimate of drug-likeness (QED) is 0.398. The molecule has 0 unspecified atom stereocenters. The first-order valence-corrected chi connectivity index (χ1v) is 12.9. The molecule has 6 rings (SSSR count). The van der Waals surface area contributed by atoms with Crippen LogP contribution in [-0.2, 0) is 11.3 Å². The van der Waals surface area contributed by atoms with Crippen molar-refractivity contribution in [2.24, 2.45) is 0 Å². The van der Waals surface area contributed by atoms with E-state index in [1.807, 2.05) is 35.2 Å². The summed E-state index contributed by atoms with van der Waals surface area (Å²) < 4.78 is 27.4. The zero-order valence-electron chi connectivity index (χ0n) is 21.2. The number of ether oxygens (including phenoxy) is 2. The third-order valence-corrected chi connectivity index (χ3v) is 7.45. The van der Waals surface area contributed by atoms with Crippen LogP contribution in [0.3, 0.4) is 0 Å². The van der Waals surface area contributed by atoms with Crippen LogP contribution >= 0.6 is 0 Å². The van der Waals surface area contributed by atoms with Gasteiger partial charge in [-0.1, -0.05) is 12.1 Å². The Balaban J connectivity index is 1.37. The van der Waals surface area contributed by atoms with Crippen molar-refractivity contribution in [2.75, 3.05) is 44.8 Å². The molecule has 2 fully saturated rings. The van der Waals surface area contributed by atoms with Crippen LogP contribution in [-0.4, -0.2) is 76.1 Å². The second-order valence-corrected chi connectivity index (χ2v) is 9.74. The fourth-order valence-corrected chi connectivity index (χ4v) is 5.47. The normalized spacial score (nSPS) is 19.2. The minimum Gasteiger partial charge on any atom is -0.497 e. The maximum atomic E-state index is 14.5. The van der Waals surface area contributed by atoms with Gasteiger partial charge in [0.05, 0.1) is 31.0 Å². The number of pyridine rings is 1. The monoisotopic (exact) mass is 519 g/mol. The summed E-state index contributed by atoms with van der Waals surface area (Å²) in [5.74, 6) is 1.03. The highest BCUT2D eigenvalue weighted by molar-refractivity contribution is 5.80. The maximum Gasteiger partial charge on any atom is 0.253 e. The minimum atomic E-state index is -0.482. The molecule has 0 saturated carbocycles. The van der Waals surface area contributed by atoms with Crippen LogP contribution in [0.1, 0.15) is 30.3 Å². The van der Waals surface area contributed by atoms with Crippen molar-refractivity contribution in [3.8, 4) is 5.75 Å². The van der Waals surface area contributed by atoms with Crippen molar-refractivity contribution >= 4 is 16.6 Å². The minimum absolute atomic E-state index is 0.0400. The number of nitrogens with one attached hydrogen (secondary N) is 1. The molecule has 0 radical (unpaired) electrons. The highest BCUT2D eigenvalue weighted by Gasteiger charge is 2.34. The number of fused-ring (bicyclic) bond motifs is 1. The zero-order chi connectivity index (χ0) is 26.1. The number of rotatable bonds is 7. The second-order valence-electron chi connectivity index (χ2n) is 9.74. The Hall–Kier alpha value is -3.83. The van der Waals surface area contributed by atoms with E-state index in [1.54, 1.807) is 23.9 Å². The number of H-pyrrole nitrogens is 1. The highest BCUT2D eigenvalue weighted by atomic mass is 19.1. The number of anilines is 1. The van der Waals surface area contributed by atoms with Crippen molar-refractivity contribution in [2.45, 2.75) is 31.5 Å². The molecular weight excluding hydrogens is 489 g/mol. The Morgan fingerprint density at radius 2 is 2.00 bits per heavy atom. The van der Waals surface area contributed by atoms with Crippen LogP contribution in [0.4, 0.5) is 10.1 Å². The van der Waals surface area contributed by atoms with Gasteiger partial charge in [0.15, 0.2) is 5.82 Å². The van der Waals surface area contributed by atoms with Crippen LogP contribution in [0, 0.1) is 5.82 Å². The van der Waals surface area contributed by atoms with Crippen molar-refractivity contribution in [1.82, 2.24) is 30.1 Å². The number of nitrogens with zero attached hydrogens (tertiary/aromatic N) is 6. The molecule has 10 nitrogen and oxygen atoms in total. The Morgan fingerprint density at radius 3 is 2.76 bits per heavy atom. The summed E-state index contributed by atoms with van der Waals surface area (Å²) in [6.07, 6.45) is 2.00. The van der Waals surface area contributed by atoms with E-state index in [0.29, 0.717) is 61.1 Å². The molecule has 0 spiro atoms.